The Morgan fingerprint density at radius 3 is 1.70 bits per heavy atom. The maximum Gasteiger partial charge on any atom is 0.304 e. The van der Waals surface area contributed by atoms with Gasteiger partial charge < -0.3 is 25.9 Å². The number of aliphatic carboxylic acids is 2. The minimum atomic E-state index is -1.31. The minimum absolute atomic E-state index is 0.00587. The molecule has 0 saturated heterocycles. The molecule has 6 atom stereocenters. The number of hydrogen-bond acceptors (Lipinski definition) is 10. The van der Waals surface area contributed by atoms with Gasteiger partial charge in [-0.2, -0.15) is 0 Å². The lowest BCUT2D eigenvalue weighted by Crippen LogP contribution is -2.33. The van der Waals surface area contributed by atoms with Crippen LogP contribution in [0.15, 0.2) is 73.3 Å². The van der Waals surface area contributed by atoms with Crippen LogP contribution in [0.2, 0.25) is 0 Å². The van der Waals surface area contributed by atoms with E-state index in [2.05, 4.69) is 15.0 Å². The van der Waals surface area contributed by atoms with Crippen molar-refractivity contribution in [1.29, 1.82) is 0 Å². The topological polar surface area (TPSA) is 265 Å². The third-order valence-electron chi connectivity index (χ3n) is 12.3. The molecule has 4 aromatic rings. The van der Waals surface area contributed by atoms with E-state index < -0.39 is 115 Å². The summed E-state index contributed by atoms with van der Waals surface area (Å²) in [6, 6.07) is 16.8. The number of carbonyl (C=O) groups is 9. The number of hydrogen-bond donors (Lipinski definition) is 5. The number of Topliss-reactive ketones (excluding diaryl/α,β-unsaturated/α-hetero) is 6. The summed E-state index contributed by atoms with van der Waals surface area (Å²) in [6.07, 6.45) is 1.83. The maximum absolute atomic E-state index is 14.6. The van der Waals surface area contributed by atoms with E-state index in [0.29, 0.717) is 24.1 Å². The molecule has 0 aliphatic heterocycles. The van der Waals surface area contributed by atoms with Crippen molar-refractivity contribution in [1.82, 2.24) is 15.0 Å². The van der Waals surface area contributed by atoms with Gasteiger partial charge in [0, 0.05) is 115 Å². The fourth-order valence-electron chi connectivity index (χ4n) is 8.84. The van der Waals surface area contributed by atoms with Crippen molar-refractivity contribution in [2.45, 2.75) is 111 Å². The summed E-state index contributed by atoms with van der Waals surface area (Å²) in [7, 11) is 0. The highest BCUT2D eigenvalue weighted by Gasteiger charge is 2.36. The van der Waals surface area contributed by atoms with Crippen molar-refractivity contribution in [3.63, 3.8) is 0 Å². The Labute approximate surface area is 385 Å². The first-order valence-electron chi connectivity index (χ1n) is 22.8. The Hall–Kier alpha value is -6.38. The molecule has 1 amide bonds. The van der Waals surface area contributed by atoms with E-state index in [4.69, 9.17) is 5.73 Å². The van der Waals surface area contributed by atoms with E-state index in [1.807, 2.05) is 68.4 Å². The number of carbonyl (C=O) groups excluding carboxylic acids is 7. The third-order valence-corrected chi connectivity index (χ3v) is 12.3. The highest BCUT2D eigenvalue weighted by Crippen LogP contribution is 2.31. The Bertz CT molecular complexity index is 2310. The van der Waals surface area contributed by atoms with E-state index in [1.165, 1.54) is 12.5 Å². The van der Waals surface area contributed by atoms with Gasteiger partial charge in [0.15, 0.2) is 0 Å². The summed E-state index contributed by atoms with van der Waals surface area (Å²) < 4.78 is 0. The fourth-order valence-corrected chi connectivity index (χ4v) is 8.84. The summed E-state index contributed by atoms with van der Waals surface area (Å²) in [5.41, 5.74) is 8.52. The molecule has 0 saturated carbocycles. The molecule has 4 rings (SSSR count). The number of aromatic nitrogens is 3. The van der Waals surface area contributed by atoms with Gasteiger partial charge in [0.05, 0.1) is 12.7 Å². The second-order valence-corrected chi connectivity index (χ2v) is 18.5. The summed E-state index contributed by atoms with van der Waals surface area (Å²) in [5.74, 6) is -12.5. The number of rotatable bonds is 32. The molecule has 354 valence electrons. The molecule has 15 nitrogen and oxygen atoms in total. The van der Waals surface area contributed by atoms with Gasteiger partial charge in [-0.3, -0.25) is 43.2 Å². The van der Waals surface area contributed by atoms with Crippen LogP contribution in [0.4, 0.5) is 0 Å². The molecular weight excluding hydrogens is 845 g/mol. The molecule has 15 heteroatoms. The van der Waals surface area contributed by atoms with E-state index in [-0.39, 0.29) is 56.0 Å². The van der Waals surface area contributed by atoms with Gasteiger partial charge in [0.25, 0.3) is 0 Å². The number of nitrogens with two attached hydrogens (primary N) is 1. The van der Waals surface area contributed by atoms with Crippen LogP contribution in [0, 0.1) is 47.3 Å². The van der Waals surface area contributed by atoms with Gasteiger partial charge in [-0.1, -0.05) is 76.2 Å². The summed E-state index contributed by atoms with van der Waals surface area (Å²) in [5, 5.41) is 20.1. The Morgan fingerprint density at radius 1 is 0.591 bits per heavy atom. The molecule has 2 heterocycles. The van der Waals surface area contributed by atoms with Gasteiger partial charge in [0.2, 0.25) is 5.91 Å². The summed E-state index contributed by atoms with van der Waals surface area (Å²) in [6.45, 7) is 7.27. The lowest BCUT2D eigenvalue weighted by Gasteiger charge is -2.24. The zero-order chi connectivity index (χ0) is 48.5. The molecule has 0 radical (unpaired) electrons. The average molecular weight is 909 g/mol. The number of para-hydroxylation sites is 1. The first kappa shape index (κ1) is 52.2. The van der Waals surface area contributed by atoms with Crippen LogP contribution < -0.4 is 5.73 Å². The lowest BCUT2D eigenvalue weighted by atomic mass is 9.77. The zero-order valence-electron chi connectivity index (χ0n) is 38.3. The number of carboxylic acid groups (broad SMARTS) is 2. The van der Waals surface area contributed by atoms with Crippen molar-refractivity contribution < 1.29 is 53.4 Å². The Balaban J connectivity index is 1.64. The molecule has 0 aliphatic carbocycles. The van der Waals surface area contributed by atoms with Crippen LogP contribution in [-0.2, 0) is 62.4 Å². The van der Waals surface area contributed by atoms with E-state index >= 15 is 0 Å². The molecule has 0 spiro atoms. The van der Waals surface area contributed by atoms with E-state index in [0.717, 1.165) is 16.5 Å². The molecule has 6 N–H and O–H groups in total. The van der Waals surface area contributed by atoms with Crippen LogP contribution in [0.3, 0.4) is 0 Å². The largest absolute Gasteiger partial charge is 0.481 e. The normalized spacial score (nSPS) is 14.3. The van der Waals surface area contributed by atoms with Gasteiger partial charge >= 0.3 is 11.9 Å². The predicted molar refractivity (Wildman–Crippen MR) is 246 cm³/mol. The minimum Gasteiger partial charge on any atom is -0.481 e. The van der Waals surface area contributed by atoms with Crippen molar-refractivity contribution >= 4 is 63.4 Å². The number of fused-ring (bicyclic) bond motifs is 1. The summed E-state index contributed by atoms with van der Waals surface area (Å²) in [4.78, 5) is 131. The first-order chi connectivity index (χ1) is 31.3. The van der Waals surface area contributed by atoms with Crippen LogP contribution in [-0.4, -0.2) is 77.7 Å². The van der Waals surface area contributed by atoms with Crippen LogP contribution in [0.25, 0.3) is 10.9 Å². The second kappa shape index (κ2) is 25.4. The lowest BCUT2D eigenvalue weighted by molar-refractivity contribution is -0.142. The molecule has 0 aliphatic rings. The number of amides is 1. The van der Waals surface area contributed by atoms with Gasteiger partial charge in [-0.25, -0.2) is 4.98 Å². The number of imidazole rings is 1. The fraction of sp³-hybridized carbons (Fsp3) is 0.490. The van der Waals surface area contributed by atoms with Gasteiger partial charge in [-0.15, -0.1) is 0 Å². The van der Waals surface area contributed by atoms with Crippen molar-refractivity contribution in [3.8, 4) is 0 Å². The third kappa shape index (κ3) is 16.6. The number of carboxylic acids is 2. The molecule has 2 aromatic carbocycles. The number of aromatic amines is 2. The number of ketones is 6. The predicted octanol–water partition coefficient (Wildman–Crippen LogP) is 6.90. The second-order valence-electron chi connectivity index (χ2n) is 18.5. The van der Waals surface area contributed by atoms with E-state index in [1.54, 1.807) is 20.0 Å². The number of H-pyrrole nitrogens is 2. The Kier molecular flexibility index (Phi) is 20.1. The standard InChI is InChI=1S/C51H64N4O11/c1-30(2)16-34(17-32-10-6-5-7-11-32)44(57)24-38(26-50(64)65)47(60)21-35(18-39-27-54-42-13-9-8-12-41(39)42)45(58)23-37(25-48(52)61)46(59)22-36(19-40-28-53-29-55-40)43(56)20-33(14-15-49(62)63)51(66)31(3)4/h5-13,27-31,33-38,54H,14-26H2,1-4H3,(H2,52,61)(H,53,55)(H,62,63)(H,64,65)/t33-,34+,35-,36-,37+,38+/m0/s1. The van der Waals surface area contributed by atoms with Crippen molar-refractivity contribution in [2.24, 2.45) is 53.1 Å². The molecule has 0 fully saturated rings. The quantitative estimate of drug-likeness (QED) is 0.0335. The highest BCUT2D eigenvalue weighted by molar-refractivity contribution is 5.98. The Morgan fingerprint density at radius 2 is 1.14 bits per heavy atom. The van der Waals surface area contributed by atoms with E-state index in [9.17, 15) is 53.4 Å². The molecule has 0 unspecified atom stereocenters. The summed E-state index contributed by atoms with van der Waals surface area (Å²) >= 11 is 0. The smallest absolute Gasteiger partial charge is 0.304 e. The van der Waals surface area contributed by atoms with Crippen LogP contribution in [0.1, 0.15) is 109 Å². The maximum atomic E-state index is 14.6. The number of nitrogens with one attached hydrogen (secondary N) is 2. The number of benzene rings is 2. The number of nitrogens with zero attached hydrogens (tertiary/aromatic N) is 1. The van der Waals surface area contributed by atoms with Gasteiger partial charge in [0.1, 0.15) is 34.7 Å². The van der Waals surface area contributed by atoms with Gasteiger partial charge in [-0.05, 0) is 55.2 Å². The van der Waals surface area contributed by atoms with Crippen LogP contribution in [0.5, 0.6) is 0 Å². The molecule has 66 heavy (non-hydrogen) atoms. The first-order valence-corrected chi connectivity index (χ1v) is 22.8. The zero-order valence-corrected chi connectivity index (χ0v) is 38.3. The molecular formula is C51H64N4O11. The number of primary amides is 1. The molecule has 2 aromatic heterocycles. The average Bonchev–Trinajstić information content (AvgIpc) is 3.93. The van der Waals surface area contributed by atoms with Crippen molar-refractivity contribution in [2.75, 3.05) is 0 Å². The highest BCUT2D eigenvalue weighted by atomic mass is 16.4. The van der Waals surface area contributed by atoms with Crippen LogP contribution >= 0.6 is 0 Å². The van der Waals surface area contributed by atoms with Crippen molar-refractivity contribution in [3.05, 3.63) is 90.1 Å². The SMILES string of the molecule is CC(C)C[C@H](Cc1ccccc1)C(=O)C[C@H](CC(=O)O)C(=O)C[C@H](Cc1c[nH]c2ccccc12)C(=O)C[C@H](CC(N)=O)C(=O)C[C@H](Cc1cnc[nH]1)C(=O)C[C@H](CCC(=O)O)C(=O)C(C)C. The molecule has 0 bridgehead atoms. The monoisotopic (exact) mass is 908 g/mol.